The first kappa shape index (κ1) is 26.6. The Morgan fingerprint density at radius 1 is 0.971 bits per heavy atom. The fourth-order valence-corrected chi connectivity index (χ4v) is 3.07. The van der Waals surface area contributed by atoms with Crippen molar-refractivity contribution in [3.8, 4) is 0 Å². The molecule has 0 heterocycles. The third-order valence-electron chi connectivity index (χ3n) is 4.78. The summed E-state index contributed by atoms with van der Waals surface area (Å²) in [7, 11) is 0. The van der Waals surface area contributed by atoms with Gasteiger partial charge < -0.3 is 31.6 Å². The van der Waals surface area contributed by atoms with Crippen molar-refractivity contribution in [1.29, 1.82) is 0 Å². The molecular weight excluding hydrogens is 454 g/mol. The second-order valence-corrected chi connectivity index (χ2v) is 7.36. The van der Waals surface area contributed by atoms with Crippen LogP contribution in [0.5, 0.6) is 0 Å². The molecule has 0 radical (unpaired) electrons. The van der Waals surface area contributed by atoms with E-state index in [-0.39, 0.29) is 31.1 Å². The van der Waals surface area contributed by atoms with Gasteiger partial charge in [-0.25, -0.2) is 9.59 Å². The van der Waals surface area contributed by atoms with Crippen LogP contribution in [-0.4, -0.2) is 64.8 Å². The quantitative estimate of drug-likeness (QED) is 0.100. The Hall–Kier alpha value is -4.67. The Bertz CT molecular complexity index is 1100. The zero-order chi connectivity index (χ0) is 25.6. The number of hydrogen-bond acceptors (Lipinski definition) is 6. The fourth-order valence-electron chi connectivity index (χ4n) is 3.07. The molecule has 11 nitrogen and oxygen atoms in total. The summed E-state index contributed by atoms with van der Waals surface area (Å²) in [5, 5.41) is 27.0. The van der Waals surface area contributed by atoms with Gasteiger partial charge in [-0.2, -0.15) is 5.10 Å². The summed E-state index contributed by atoms with van der Waals surface area (Å²) in [6.07, 6.45) is 4.83. The maximum Gasteiger partial charge on any atom is 0.336 e. The number of carboxylic acids is 2. The lowest BCUT2D eigenvalue weighted by Gasteiger charge is -2.21. The molecule has 0 aliphatic rings. The number of nitrogens with zero attached hydrogens (tertiary/aromatic N) is 2. The van der Waals surface area contributed by atoms with Crippen LogP contribution >= 0.6 is 0 Å². The lowest BCUT2D eigenvalue weighted by Crippen LogP contribution is -2.43. The van der Waals surface area contributed by atoms with E-state index in [1.807, 2.05) is 0 Å². The predicted octanol–water partition coefficient (Wildman–Crippen LogP) is 1.49. The lowest BCUT2D eigenvalue weighted by molar-refractivity contribution is -0.137. The van der Waals surface area contributed by atoms with Crippen LogP contribution in [0.1, 0.15) is 33.5 Å². The minimum absolute atomic E-state index is 0.0497. The Morgan fingerprint density at radius 2 is 1.66 bits per heavy atom. The number of nitrogens with one attached hydrogen (secondary N) is 2. The molecule has 2 aromatic rings. The van der Waals surface area contributed by atoms with E-state index in [1.54, 1.807) is 48.5 Å². The highest BCUT2D eigenvalue weighted by molar-refractivity contribution is 5.92. The highest BCUT2D eigenvalue weighted by Gasteiger charge is 2.17. The molecular formula is C24H27N5O6. The van der Waals surface area contributed by atoms with E-state index in [0.717, 1.165) is 16.0 Å². The molecule has 0 bridgehead atoms. The Balaban J connectivity index is 1.82. The number of carbonyl (C=O) groups excluding carboxylic acids is 2. The highest BCUT2D eigenvalue weighted by atomic mass is 16.4. The summed E-state index contributed by atoms with van der Waals surface area (Å²) in [4.78, 5) is 48.0. The zero-order valence-electron chi connectivity index (χ0n) is 18.9. The number of carbonyl (C=O) groups is 4. The van der Waals surface area contributed by atoms with Crippen LogP contribution < -0.4 is 16.5 Å². The van der Waals surface area contributed by atoms with Crippen molar-refractivity contribution in [2.45, 2.75) is 13.0 Å². The van der Waals surface area contributed by atoms with Crippen molar-refractivity contribution in [2.75, 3.05) is 19.6 Å². The topological polar surface area (TPSA) is 174 Å². The van der Waals surface area contributed by atoms with E-state index in [1.165, 1.54) is 18.4 Å². The van der Waals surface area contributed by atoms with Gasteiger partial charge in [0.25, 0.3) is 0 Å². The monoisotopic (exact) mass is 481 g/mol. The van der Waals surface area contributed by atoms with Crippen LogP contribution in [0.2, 0.25) is 0 Å². The van der Waals surface area contributed by atoms with E-state index in [0.29, 0.717) is 12.0 Å². The van der Waals surface area contributed by atoms with Crippen molar-refractivity contribution in [1.82, 2.24) is 15.5 Å². The molecule has 0 aromatic heterocycles. The van der Waals surface area contributed by atoms with Gasteiger partial charge in [0.1, 0.15) is 6.54 Å². The van der Waals surface area contributed by atoms with Gasteiger partial charge in [-0.15, -0.1) is 0 Å². The molecule has 0 saturated heterocycles. The molecule has 184 valence electrons. The van der Waals surface area contributed by atoms with Crippen molar-refractivity contribution in [2.24, 2.45) is 10.9 Å². The Labute approximate surface area is 201 Å². The number of hydrogen-bond donors (Lipinski definition) is 5. The summed E-state index contributed by atoms with van der Waals surface area (Å²) in [5.41, 5.74) is 2.08. The maximum atomic E-state index is 12.5. The molecule has 35 heavy (non-hydrogen) atoms. The fraction of sp³-hybridized carbons (Fsp3) is 0.208. The lowest BCUT2D eigenvalue weighted by atomic mass is 10.1. The summed E-state index contributed by atoms with van der Waals surface area (Å²) in [5.74, 6) is 2.44. The number of rotatable bonds is 12. The summed E-state index contributed by atoms with van der Waals surface area (Å²) in [6.45, 7) is -0.308. The first-order valence-corrected chi connectivity index (χ1v) is 10.6. The van der Waals surface area contributed by atoms with Crippen LogP contribution in [-0.2, 0) is 16.1 Å². The van der Waals surface area contributed by atoms with E-state index in [2.05, 4.69) is 15.7 Å². The van der Waals surface area contributed by atoms with Crippen LogP contribution in [0.25, 0.3) is 6.08 Å². The molecule has 2 aromatic carbocycles. The number of amides is 3. The van der Waals surface area contributed by atoms with Crippen LogP contribution in [0.3, 0.4) is 0 Å². The molecule has 6 N–H and O–H groups in total. The van der Waals surface area contributed by atoms with Crippen LogP contribution in [0, 0.1) is 0 Å². The second-order valence-electron chi connectivity index (χ2n) is 7.36. The van der Waals surface area contributed by atoms with Gasteiger partial charge in [0.15, 0.2) is 0 Å². The summed E-state index contributed by atoms with van der Waals surface area (Å²) >= 11 is 0. The van der Waals surface area contributed by atoms with Gasteiger partial charge in [0.05, 0.1) is 11.8 Å². The highest BCUT2D eigenvalue weighted by Crippen LogP contribution is 2.09. The third kappa shape index (κ3) is 9.38. The van der Waals surface area contributed by atoms with Crippen molar-refractivity contribution < 1.29 is 29.4 Å². The molecule has 0 saturated carbocycles. The number of aliphatic carboxylic acids is 1. The normalized spacial score (nSPS) is 10.9. The van der Waals surface area contributed by atoms with E-state index in [9.17, 15) is 24.3 Å². The van der Waals surface area contributed by atoms with Gasteiger partial charge in [-0.1, -0.05) is 42.5 Å². The second kappa shape index (κ2) is 13.8. The molecule has 0 aliphatic heterocycles. The number of benzene rings is 2. The molecule has 3 amide bonds. The van der Waals surface area contributed by atoms with Gasteiger partial charge >= 0.3 is 18.0 Å². The van der Waals surface area contributed by atoms with Gasteiger partial charge in [0, 0.05) is 25.7 Å². The van der Waals surface area contributed by atoms with Gasteiger partial charge in [-0.05, 0) is 35.3 Å². The smallest absolute Gasteiger partial charge is 0.336 e. The number of aromatic carboxylic acids is 1. The largest absolute Gasteiger partial charge is 0.480 e. The Kier molecular flexibility index (Phi) is 10.5. The molecule has 0 fully saturated rings. The zero-order valence-corrected chi connectivity index (χ0v) is 18.9. The summed E-state index contributed by atoms with van der Waals surface area (Å²) < 4.78 is 0. The van der Waals surface area contributed by atoms with Crippen molar-refractivity contribution in [3.05, 3.63) is 76.9 Å². The van der Waals surface area contributed by atoms with Crippen LogP contribution in [0.15, 0.2) is 59.7 Å². The van der Waals surface area contributed by atoms with E-state index in [4.69, 9.17) is 10.9 Å². The molecule has 11 heteroatoms. The van der Waals surface area contributed by atoms with E-state index < -0.39 is 24.5 Å². The molecule has 0 unspecified atom stereocenters. The molecule has 0 aliphatic carbocycles. The minimum atomic E-state index is -1.19. The number of urea groups is 1. The number of carboxylic acid groups (broad SMARTS) is 2. The van der Waals surface area contributed by atoms with Crippen LogP contribution in [0.4, 0.5) is 4.79 Å². The first-order chi connectivity index (χ1) is 16.8. The van der Waals surface area contributed by atoms with Crippen molar-refractivity contribution >= 4 is 36.2 Å². The number of hydrazone groups is 1. The third-order valence-corrected chi connectivity index (χ3v) is 4.78. The standard InChI is InChI=1S/C24H27N5O6/c25-28-14-18-8-6-17(7-9-18)10-11-21(30)26-12-3-13-29(16-22(31)32)24(35)27-15-19-4-1-2-5-20(19)23(33)34/h1-2,4-11,14H,3,12-13,15-16,25H2,(H,26,30)(H,27,35)(H,31,32)(H,33,34). The average Bonchev–Trinajstić information content (AvgIpc) is 2.84. The number of nitrogens with two attached hydrogens (primary N) is 1. The van der Waals surface area contributed by atoms with Gasteiger partial charge in [0.2, 0.25) is 5.91 Å². The Morgan fingerprint density at radius 3 is 2.31 bits per heavy atom. The maximum absolute atomic E-state index is 12.5. The minimum Gasteiger partial charge on any atom is -0.480 e. The van der Waals surface area contributed by atoms with Gasteiger partial charge in [-0.3, -0.25) is 9.59 Å². The molecule has 0 atom stereocenters. The average molecular weight is 482 g/mol. The summed E-state index contributed by atoms with van der Waals surface area (Å²) in [6, 6.07) is 12.8. The SMILES string of the molecule is NN=Cc1ccc(C=CC(=O)NCCCN(CC(=O)O)C(=O)NCc2ccccc2C(=O)O)cc1. The predicted molar refractivity (Wildman–Crippen MR) is 130 cm³/mol. The molecule has 2 rings (SSSR count). The first-order valence-electron chi connectivity index (χ1n) is 10.6. The van der Waals surface area contributed by atoms with Crippen molar-refractivity contribution in [3.63, 3.8) is 0 Å². The van der Waals surface area contributed by atoms with E-state index >= 15 is 0 Å². The molecule has 0 spiro atoms.